The molecule has 2 N–H and O–H groups in total. The first kappa shape index (κ1) is 28.7. The Morgan fingerprint density at radius 2 is 1.64 bits per heavy atom. The molecule has 1 aliphatic rings. The molecule has 5 rings (SSSR count). The normalized spacial score (nSPS) is 12.4. The van der Waals surface area contributed by atoms with Crippen LogP contribution >= 0.6 is 11.6 Å². The number of nitrogens with one attached hydrogen (secondary N) is 2. The quantitative estimate of drug-likeness (QED) is 0.246. The van der Waals surface area contributed by atoms with Crippen molar-refractivity contribution in [3.63, 3.8) is 0 Å². The molecule has 3 amide bonds. The smallest absolute Gasteiger partial charge is 0.264 e. The highest BCUT2D eigenvalue weighted by Gasteiger charge is 2.27. The SMILES string of the molecule is COc1ccc(-c2ccc(N3COc4ccc(NC(=O)c5cc(CNC(=O)C(C)C)ccc5Cl)cc4C3=O)cc2)cc1. The van der Waals surface area contributed by atoms with Crippen LogP contribution in [-0.2, 0) is 11.3 Å². The second-order valence-corrected chi connectivity index (χ2v) is 10.5. The van der Waals surface area contributed by atoms with Gasteiger partial charge in [0, 0.05) is 23.8 Å². The van der Waals surface area contributed by atoms with Crippen LogP contribution < -0.4 is 25.0 Å². The Morgan fingerprint density at radius 1 is 0.952 bits per heavy atom. The van der Waals surface area contributed by atoms with Gasteiger partial charge in [0.2, 0.25) is 5.91 Å². The Bertz CT molecular complexity index is 1640. The largest absolute Gasteiger partial charge is 0.497 e. The molecule has 214 valence electrons. The van der Waals surface area contributed by atoms with E-state index in [1.165, 1.54) is 4.90 Å². The van der Waals surface area contributed by atoms with Gasteiger partial charge < -0.3 is 20.1 Å². The first-order valence-corrected chi connectivity index (χ1v) is 13.8. The summed E-state index contributed by atoms with van der Waals surface area (Å²) in [4.78, 5) is 40.1. The van der Waals surface area contributed by atoms with E-state index in [1.54, 1.807) is 43.5 Å². The van der Waals surface area contributed by atoms with Crippen LogP contribution in [0, 0.1) is 5.92 Å². The minimum Gasteiger partial charge on any atom is -0.497 e. The van der Waals surface area contributed by atoms with E-state index < -0.39 is 5.91 Å². The molecule has 0 aliphatic carbocycles. The third-order valence-electron chi connectivity index (χ3n) is 6.93. The minimum absolute atomic E-state index is 0.0647. The third kappa shape index (κ3) is 6.24. The molecule has 1 aliphatic heterocycles. The van der Waals surface area contributed by atoms with Crippen molar-refractivity contribution in [2.45, 2.75) is 20.4 Å². The zero-order valence-electron chi connectivity index (χ0n) is 23.4. The van der Waals surface area contributed by atoms with Gasteiger partial charge in [-0.15, -0.1) is 0 Å². The van der Waals surface area contributed by atoms with Gasteiger partial charge in [0.25, 0.3) is 11.8 Å². The molecule has 9 heteroatoms. The fourth-order valence-corrected chi connectivity index (χ4v) is 4.70. The van der Waals surface area contributed by atoms with E-state index >= 15 is 0 Å². The van der Waals surface area contributed by atoms with Gasteiger partial charge in [-0.3, -0.25) is 19.3 Å². The highest BCUT2D eigenvalue weighted by atomic mass is 35.5. The average molecular weight is 584 g/mol. The zero-order chi connectivity index (χ0) is 29.8. The number of amides is 3. The van der Waals surface area contributed by atoms with Gasteiger partial charge in [-0.1, -0.05) is 55.8 Å². The van der Waals surface area contributed by atoms with Crippen molar-refractivity contribution < 1.29 is 23.9 Å². The molecule has 0 fully saturated rings. The number of fused-ring (bicyclic) bond motifs is 1. The first-order chi connectivity index (χ1) is 20.2. The van der Waals surface area contributed by atoms with E-state index in [1.807, 2.05) is 62.4 Å². The van der Waals surface area contributed by atoms with Gasteiger partial charge in [-0.25, -0.2) is 0 Å². The van der Waals surface area contributed by atoms with Crippen molar-refractivity contribution in [2.75, 3.05) is 24.1 Å². The standard InChI is InChI=1S/C33H30ClN3O5/c1-20(2)31(38)35-18-21-4-14-29(34)27(16-21)32(39)36-24-9-15-30-28(17-24)33(40)37(19-42-30)25-10-5-22(6-11-25)23-7-12-26(41-3)13-8-23/h4-17,20H,18-19H2,1-3H3,(H,35,38)(H,36,39). The summed E-state index contributed by atoms with van der Waals surface area (Å²) in [5.41, 5.74) is 4.46. The second-order valence-electron chi connectivity index (χ2n) is 10.1. The lowest BCUT2D eigenvalue weighted by molar-refractivity contribution is -0.124. The Kier molecular flexibility index (Phi) is 8.45. The maximum Gasteiger partial charge on any atom is 0.264 e. The van der Waals surface area contributed by atoms with Crippen LogP contribution in [0.4, 0.5) is 11.4 Å². The molecule has 0 unspecified atom stereocenters. The van der Waals surface area contributed by atoms with E-state index in [9.17, 15) is 14.4 Å². The molecular weight excluding hydrogens is 554 g/mol. The predicted molar refractivity (Wildman–Crippen MR) is 163 cm³/mol. The minimum atomic E-state index is -0.438. The fourth-order valence-electron chi connectivity index (χ4n) is 4.50. The molecule has 42 heavy (non-hydrogen) atoms. The molecule has 0 bridgehead atoms. The van der Waals surface area contributed by atoms with Crippen LogP contribution in [0.2, 0.25) is 5.02 Å². The molecule has 0 saturated heterocycles. The lowest BCUT2D eigenvalue weighted by atomic mass is 10.0. The Labute approximate surface area is 249 Å². The number of anilines is 2. The van der Waals surface area contributed by atoms with Crippen molar-refractivity contribution in [3.05, 3.63) is 107 Å². The molecule has 0 spiro atoms. The summed E-state index contributed by atoms with van der Waals surface area (Å²) >= 11 is 6.33. The molecular formula is C33H30ClN3O5. The van der Waals surface area contributed by atoms with Crippen LogP contribution in [-0.4, -0.2) is 31.6 Å². The van der Waals surface area contributed by atoms with E-state index in [2.05, 4.69) is 10.6 Å². The van der Waals surface area contributed by atoms with Crippen molar-refractivity contribution in [1.29, 1.82) is 0 Å². The van der Waals surface area contributed by atoms with Crippen molar-refractivity contribution >= 4 is 40.7 Å². The van der Waals surface area contributed by atoms with Crippen LogP contribution in [0.5, 0.6) is 11.5 Å². The van der Waals surface area contributed by atoms with Crippen LogP contribution in [0.15, 0.2) is 84.9 Å². The Hall–Kier alpha value is -4.82. The van der Waals surface area contributed by atoms with Gasteiger partial charge in [-0.2, -0.15) is 0 Å². The molecule has 0 radical (unpaired) electrons. The summed E-state index contributed by atoms with van der Waals surface area (Å²) in [5, 5.41) is 5.93. The van der Waals surface area contributed by atoms with Gasteiger partial charge in [0.1, 0.15) is 11.5 Å². The molecule has 8 nitrogen and oxygen atoms in total. The van der Waals surface area contributed by atoms with Gasteiger partial charge >= 0.3 is 0 Å². The van der Waals surface area contributed by atoms with E-state index in [-0.39, 0.29) is 41.6 Å². The number of benzene rings is 4. The van der Waals surface area contributed by atoms with Gasteiger partial charge in [0.15, 0.2) is 6.73 Å². The maximum atomic E-state index is 13.5. The van der Waals surface area contributed by atoms with Crippen LogP contribution in [0.3, 0.4) is 0 Å². The fraction of sp³-hybridized carbons (Fsp3) is 0.182. The lowest BCUT2D eigenvalue weighted by Crippen LogP contribution is -2.38. The van der Waals surface area contributed by atoms with E-state index in [0.717, 1.165) is 22.4 Å². The second kappa shape index (κ2) is 12.4. The van der Waals surface area contributed by atoms with Crippen molar-refractivity contribution in [3.8, 4) is 22.6 Å². The van der Waals surface area contributed by atoms with Crippen LogP contribution in [0.25, 0.3) is 11.1 Å². The molecule has 0 atom stereocenters. The van der Waals surface area contributed by atoms with Crippen LogP contribution in [0.1, 0.15) is 40.1 Å². The Morgan fingerprint density at radius 3 is 2.31 bits per heavy atom. The summed E-state index contributed by atoms with van der Waals surface area (Å²) in [6.07, 6.45) is 0. The monoisotopic (exact) mass is 583 g/mol. The first-order valence-electron chi connectivity index (χ1n) is 13.4. The molecule has 0 aromatic heterocycles. The average Bonchev–Trinajstić information content (AvgIpc) is 3.01. The van der Waals surface area contributed by atoms with Gasteiger partial charge in [0.05, 0.1) is 23.3 Å². The lowest BCUT2D eigenvalue weighted by Gasteiger charge is -2.29. The highest BCUT2D eigenvalue weighted by Crippen LogP contribution is 2.32. The summed E-state index contributed by atoms with van der Waals surface area (Å²) in [7, 11) is 1.63. The summed E-state index contributed by atoms with van der Waals surface area (Å²) in [5.74, 6) is 0.302. The van der Waals surface area contributed by atoms with E-state index in [0.29, 0.717) is 22.7 Å². The number of carbonyl (C=O) groups excluding carboxylic acids is 3. The highest BCUT2D eigenvalue weighted by molar-refractivity contribution is 6.34. The molecule has 4 aromatic carbocycles. The maximum absolute atomic E-state index is 13.5. The number of rotatable bonds is 8. The third-order valence-corrected chi connectivity index (χ3v) is 7.26. The molecule has 0 saturated carbocycles. The number of methoxy groups -OCH3 is 1. The molecule has 4 aromatic rings. The number of carbonyl (C=O) groups is 3. The number of ether oxygens (including phenoxy) is 2. The number of halogens is 1. The molecule has 1 heterocycles. The topological polar surface area (TPSA) is 97.0 Å². The summed E-state index contributed by atoms with van der Waals surface area (Å²) < 4.78 is 11.1. The number of nitrogens with zero attached hydrogens (tertiary/aromatic N) is 1. The summed E-state index contributed by atoms with van der Waals surface area (Å²) in [6, 6.07) is 25.3. The number of hydrogen-bond donors (Lipinski definition) is 2. The number of hydrogen-bond acceptors (Lipinski definition) is 5. The summed E-state index contributed by atoms with van der Waals surface area (Å²) in [6.45, 7) is 3.96. The Balaban J connectivity index is 1.30. The van der Waals surface area contributed by atoms with E-state index in [4.69, 9.17) is 21.1 Å². The van der Waals surface area contributed by atoms with Crippen molar-refractivity contribution in [2.24, 2.45) is 5.92 Å². The predicted octanol–water partition coefficient (Wildman–Crippen LogP) is 6.54. The van der Waals surface area contributed by atoms with Gasteiger partial charge in [-0.05, 0) is 71.3 Å². The van der Waals surface area contributed by atoms with Crippen molar-refractivity contribution in [1.82, 2.24) is 5.32 Å². The zero-order valence-corrected chi connectivity index (χ0v) is 24.2.